The van der Waals surface area contributed by atoms with Gasteiger partial charge in [0, 0.05) is 6.42 Å². The molecule has 0 aliphatic carbocycles. The zero-order valence-electron chi connectivity index (χ0n) is 9.37. The van der Waals surface area contributed by atoms with Gasteiger partial charge >= 0.3 is 0 Å². The van der Waals surface area contributed by atoms with Crippen LogP contribution >= 0.6 is 0 Å². The Hall–Kier alpha value is -1.75. The fourth-order valence-corrected chi connectivity index (χ4v) is 1.43. The van der Waals surface area contributed by atoms with Gasteiger partial charge in [0.2, 0.25) is 0 Å². The van der Waals surface area contributed by atoms with Crippen LogP contribution in [0.25, 0.3) is 5.57 Å². The molecule has 1 aromatic rings. The molecule has 0 fully saturated rings. The summed E-state index contributed by atoms with van der Waals surface area (Å²) < 4.78 is 5.19. The van der Waals surface area contributed by atoms with E-state index in [1.54, 1.807) is 7.11 Å². The maximum absolute atomic E-state index is 9.09. The van der Waals surface area contributed by atoms with Crippen LogP contribution in [0.4, 0.5) is 0 Å². The topological polar surface area (TPSA) is 33.0 Å². The first kappa shape index (κ1) is 11.3. The lowest BCUT2D eigenvalue weighted by atomic mass is 10.0. The van der Waals surface area contributed by atoms with Gasteiger partial charge in [-0.15, -0.1) is 0 Å². The third-order valence-electron chi connectivity index (χ3n) is 2.30. The van der Waals surface area contributed by atoms with Crippen LogP contribution < -0.4 is 0 Å². The summed E-state index contributed by atoms with van der Waals surface area (Å²) >= 11 is 0. The molecule has 0 saturated carbocycles. The summed E-state index contributed by atoms with van der Waals surface area (Å²) in [5.41, 5.74) is 2.73. The Morgan fingerprint density at radius 2 is 1.93 bits per heavy atom. The number of nitriles is 1. The quantitative estimate of drug-likeness (QED) is 0.555. The molecule has 1 aromatic carbocycles. The molecule has 0 saturated heterocycles. The van der Waals surface area contributed by atoms with Crippen LogP contribution in [0, 0.1) is 18.3 Å². The normalized spacial score (nSPS) is 11.6. The molecular weight excluding hydrogens is 186 g/mol. The van der Waals surface area contributed by atoms with Crippen molar-refractivity contribution in [3.05, 3.63) is 41.2 Å². The first-order chi connectivity index (χ1) is 7.22. The lowest BCUT2D eigenvalue weighted by molar-refractivity contribution is 0.283. The molecule has 15 heavy (non-hydrogen) atoms. The number of aryl methyl sites for hydroxylation is 1. The predicted octanol–water partition coefficient (Wildman–Crippen LogP) is 3.29. The maximum Gasteiger partial charge on any atom is 0.114 e. The number of benzene rings is 1. The first-order valence-corrected chi connectivity index (χ1v) is 4.97. The van der Waals surface area contributed by atoms with E-state index in [4.69, 9.17) is 10.00 Å². The summed E-state index contributed by atoms with van der Waals surface area (Å²) in [5, 5.41) is 9.09. The zero-order chi connectivity index (χ0) is 11.3. The highest BCUT2D eigenvalue weighted by molar-refractivity contribution is 5.78. The highest BCUT2D eigenvalue weighted by Gasteiger charge is 2.07. The largest absolute Gasteiger partial charge is 0.500 e. The molecule has 0 unspecified atom stereocenters. The number of ether oxygens (including phenoxy) is 1. The van der Waals surface area contributed by atoms with Gasteiger partial charge in [-0.2, -0.15) is 5.26 Å². The zero-order valence-corrected chi connectivity index (χ0v) is 9.37. The van der Waals surface area contributed by atoms with Crippen LogP contribution in [0.3, 0.4) is 0 Å². The van der Waals surface area contributed by atoms with E-state index in [1.165, 1.54) is 5.56 Å². The predicted molar refractivity (Wildman–Crippen MR) is 61.0 cm³/mol. The van der Waals surface area contributed by atoms with Crippen molar-refractivity contribution in [2.75, 3.05) is 7.11 Å². The second kappa shape index (κ2) is 5.21. The molecule has 0 aromatic heterocycles. The Bertz CT molecular complexity index is 390. The summed E-state index contributed by atoms with van der Waals surface area (Å²) in [6, 6.07) is 10.1. The lowest BCUT2D eigenvalue weighted by Gasteiger charge is -2.07. The van der Waals surface area contributed by atoms with Crippen LogP contribution in [-0.2, 0) is 4.74 Å². The number of methoxy groups -OCH3 is 1. The molecular formula is C13H15NO. The monoisotopic (exact) mass is 201 g/mol. The van der Waals surface area contributed by atoms with E-state index in [2.05, 4.69) is 6.07 Å². The van der Waals surface area contributed by atoms with Gasteiger partial charge < -0.3 is 4.74 Å². The average Bonchev–Trinajstić information content (AvgIpc) is 2.27. The van der Waals surface area contributed by atoms with Gasteiger partial charge in [-0.1, -0.05) is 36.8 Å². The first-order valence-electron chi connectivity index (χ1n) is 4.97. The van der Waals surface area contributed by atoms with Gasteiger partial charge in [-0.05, 0) is 12.5 Å². The van der Waals surface area contributed by atoms with E-state index >= 15 is 0 Å². The average molecular weight is 201 g/mol. The number of hydrogen-bond acceptors (Lipinski definition) is 2. The van der Waals surface area contributed by atoms with Crippen LogP contribution in [0.1, 0.15) is 24.5 Å². The van der Waals surface area contributed by atoms with Crippen molar-refractivity contribution in [3.8, 4) is 6.07 Å². The summed E-state index contributed by atoms with van der Waals surface area (Å²) in [5.74, 6) is 0.737. The Morgan fingerprint density at radius 3 is 2.33 bits per heavy atom. The highest BCUT2D eigenvalue weighted by atomic mass is 16.5. The molecule has 78 valence electrons. The van der Waals surface area contributed by atoms with E-state index in [-0.39, 0.29) is 0 Å². The molecule has 2 nitrogen and oxygen atoms in total. The van der Waals surface area contributed by atoms with Gasteiger partial charge in [-0.3, -0.25) is 0 Å². The van der Waals surface area contributed by atoms with Crippen LogP contribution in [0.5, 0.6) is 0 Å². The summed E-state index contributed by atoms with van der Waals surface area (Å²) in [6.45, 7) is 4.00. The molecule has 1 rings (SSSR count). The molecule has 0 amide bonds. The summed E-state index contributed by atoms with van der Waals surface area (Å²) in [6.07, 6.45) is 0.729. The number of hydrogen-bond donors (Lipinski definition) is 0. The third-order valence-corrected chi connectivity index (χ3v) is 2.30. The van der Waals surface area contributed by atoms with Gasteiger partial charge in [0.05, 0.1) is 12.7 Å². The molecule has 0 bridgehead atoms. The third kappa shape index (κ3) is 2.60. The molecule has 0 spiro atoms. The number of rotatable bonds is 3. The standard InChI is InChI=1S/C13H15NO/c1-4-13(15-3)12(9-14)11-7-5-10(2)6-8-11/h5-8H,4H2,1-3H3/b13-12+. The van der Waals surface area contributed by atoms with E-state index in [1.807, 2.05) is 38.1 Å². The second-order valence-corrected chi connectivity index (χ2v) is 3.33. The fraction of sp³-hybridized carbons (Fsp3) is 0.308. The molecule has 2 heteroatoms. The van der Waals surface area contributed by atoms with Crippen LogP contribution in [0.15, 0.2) is 30.0 Å². The highest BCUT2D eigenvalue weighted by Crippen LogP contribution is 2.20. The molecule has 0 aliphatic heterocycles. The Morgan fingerprint density at radius 1 is 1.33 bits per heavy atom. The summed E-state index contributed by atoms with van der Waals surface area (Å²) in [4.78, 5) is 0. The van der Waals surface area contributed by atoms with Crippen molar-refractivity contribution in [3.63, 3.8) is 0 Å². The van der Waals surface area contributed by atoms with Gasteiger partial charge in [0.15, 0.2) is 0 Å². The minimum Gasteiger partial charge on any atom is -0.500 e. The van der Waals surface area contributed by atoms with Crippen molar-refractivity contribution in [2.45, 2.75) is 20.3 Å². The SMILES string of the molecule is CC/C(OC)=C(/C#N)c1ccc(C)cc1. The van der Waals surface area contributed by atoms with Crippen molar-refractivity contribution in [2.24, 2.45) is 0 Å². The maximum atomic E-state index is 9.09. The Balaban J connectivity index is 3.19. The van der Waals surface area contributed by atoms with Crippen molar-refractivity contribution < 1.29 is 4.74 Å². The number of allylic oxidation sites excluding steroid dienone is 2. The second-order valence-electron chi connectivity index (χ2n) is 3.33. The fourth-order valence-electron chi connectivity index (χ4n) is 1.43. The van der Waals surface area contributed by atoms with Crippen LogP contribution in [-0.4, -0.2) is 7.11 Å². The number of nitrogens with zero attached hydrogens (tertiary/aromatic N) is 1. The van der Waals surface area contributed by atoms with E-state index in [9.17, 15) is 0 Å². The van der Waals surface area contributed by atoms with E-state index in [0.29, 0.717) is 5.57 Å². The van der Waals surface area contributed by atoms with Crippen molar-refractivity contribution in [1.82, 2.24) is 0 Å². The van der Waals surface area contributed by atoms with Gasteiger partial charge in [-0.25, -0.2) is 0 Å². The molecule has 0 N–H and O–H groups in total. The van der Waals surface area contributed by atoms with E-state index < -0.39 is 0 Å². The molecule has 0 heterocycles. The van der Waals surface area contributed by atoms with Gasteiger partial charge in [0.25, 0.3) is 0 Å². The molecule has 0 aliphatic rings. The van der Waals surface area contributed by atoms with Crippen molar-refractivity contribution >= 4 is 5.57 Å². The summed E-state index contributed by atoms with van der Waals surface area (Å²) in [7, 11) is 1.60. The molecule has 0 atom stereocenters. The van der Waals surface area contributed by atoms with Crippen LogP contribution in [0.2, 0.25) is 0 Å². The smallest absolute Gasteiger partial charge is 0.114 e. The van der Waals surface area contributed by atoms with E-state index in [0.717, 1.165) is 17.7 Å². The van der Waals surface area contributed by atoms with Crippen molar-refractivity contribution in [1.29, 1.82) is 5.26 Å². The Kier molecular flexibility index (Phi) is 3.93. The minimum absolute atomic E-state index is 0.625. The molecule has 0 radical (unpaired) electrons. The Labute approximate surface area is 90.8 Å². The lowest BCUT2D eigenvalue weighted by Crippen LogP contribution is -1.92. The van der Waals surface area contributed by atoms with Gasteiger partial charge in [0.1, 0.15) is 11.8 Å². The minimum atomic E-state index is 0.625.